The van der Waals surface area contributed by atoms with Gasteiger partial charge < -0.3 is 4.74 Å². The third kappa shape index (κ3) is 2.65. The molecule has 112 valence electrons. The van der Waals surface area contributed by atoms with E-state index in [2.05, 4.69) is 10.2 Å². The fourth-order valence-corrected chi connectivity index (χ4v) is 2.46. The predicted octanol–water partition coefficient (Wildman–Crippen LogP) is 4.13. The van der Waals surface area contributed by atoms with Crippen LogP contribution in [0, 0.1) is 10.6 Å². The third-order valence-corrected chi connectivity index (χ3v) is 3.47. The van der Waals surface area contributed by atoms with E-state index in [1.165, 1.54) is 6.07 Å². The van der Waals surface area contributed by atoms with Gasteiger partial charge in [-0.15, -0.1) is 0 Å². The Morgan fingerprint density at radius 2 is 1.91 bits per heavy atom. The average Bonchev–Trinajstić information content (AvgIpc) is 2.90. The molecule has 22 heavy (non-hydrogen) atoms. The lowest BCUT2D eigenvalue weighted by Gasteiger charge is -2.09. The Morgan fingerprint density at radius 1 is 1.18 bits per heavy atom. The maximum atomic E-state index is 14.0. The summed E-state index contributed by atoms with van der Waals surface area (Å²) in [6.07, 6.45) is 0. The van der Waals surface area contributed by atoms with Crippen molar-refractivity contribution in [3.05, 3.63) is 59.1 Å². The highest BCUT2D eigenvalue weighted by Gasteiger charge is 2.14. The summed E-state index contributed by atoms with van der Waals surface area (Å²) in [6, 6.07) is 13.9. The van der Waals surface area contributed by atoms with E-state index in [4.69, 9.17) is 17.0 Å². The number of hydrogen-bond acceptors (Lipinski definition) is 3. The van der Waals surface area contributed by atoms with E-state index >= 15 is 0 Å². The minimum absolute atomic E-state index is 0.344. The molecule has 0 aliphatic carbocycles. The standard InChI is InChI=1S/C16H14FN3OS/c1-2-21-12-9-7-11(8-10-12)20-15(18-19-16(20)22)13-5-3-4-6-14(13)17/h3-10H,2H2,1H3,(H,19,22). The van der Waals surface area contributed by atoms with Gasteiger partial charge in [0.1, 0.15) is 11.6 Å². The van der Waals surface area contributed by atoms with Gasteiger partial charge in [-0.3, -0.25) is 9.67 Å². The van der Waals surface area contributed by atoms with Crippen molar-refractivity contribution in [2.75, 3.05) is 6.61 Å². The van der Waals surface area contributed by atoms with Gasteiger partial charge in [0.2, 0.25) is 0 Å². The molecule has 1 heterocycles. The SMILES string of the molecule is CCOc1ccc(-n2c(-c3ccccc3F)n[nH]c2=S)cc1. The Labute approximate surface area is 132 Å². The minimum Gasteiger partial charge on any atom is -0.494 e. The molecule has 3 aromatic rings. The van der Waals surface area contributed by atoms with Crippen molar-refractivity contribution in [2.45, 2.75) is 6.92 Å². The van der Waals surface area contributed by atoms with Gasteiger partial charge >= 0.3 is 0 Å². The number of nitrogens with zero attached hydrogens (tertiary/aromatic N) is 2. The summed E-state index contributed by atoms with van der Waals surface area (Å²) in [4.78, 5) is 0. The number of ether oxygens (including phenoxy) is 1. The zero-order valence-corrected chi connectivity index (χ0v) is 12.7. The fourth-order valence-electron chi connectivity index (χ4n) is 2.22. The molecule has 0 aliphatic heterocycles. The zero-order valence-electron chi connectivity index (χ0n) is 11.9. The highest BCUT2D eigenvalue weighted by Crippen LogP contribution is 2.25. The Kier molecular flexibility index (Phi) is 4.02. The van der Waals surface area contributed by atoms with Gasteiger partial charge in [0.25, 0.3) is 0 Å². The van der Waals surface area contributed by atoms with Crippen LogP contribution >= 0.6 is 12.2 Å². The van der Waals surface area contributed by atoms with Crippen molar-refractivity contribution < 1.29 is 9.13 Å². The highest BCUT2D eigenvalue weighted by atomic mass is 32.1. The first-order chi connectivity index (χ1) is 10.7. The number of aromatic nitrogens is 3. The van der Waals surface area contributed by atoms with Crippen molar-refractivity contribution in [1.82, 2.24) is 14.8 Å². The number of benzene rings is 2. The topological polar surface area (TPSA) is 42.8 Å². The molecule has 6 heteroatoms. The van der Waals surface area contributed by atoms with Gasteiger partial charge in [0, 0.05) is 0 Å². The lowest BCUT2D eigenvalue weighted by Crippen LogP contribution is -1.99. The summed E-state index contributed by atoms with van der Waals surface area (Å²) in [5.41, 5.74) is 1.18. The monoisotopic (exact) mass is 315 g/mol. The second kappa shape index (κ2) is 6.11. The van der Waals surface area contributed by atoms with Crippen LogP contribution in [0.25, 0.3) is 17.1 Å². The summed E-state index contributed by atoms with van der Waals surface area (Å²) in [6.45, 7) is 2.53. The van der Waals surface area contributed by atoms with Gasteiger partial charge in [-0.2, -0.15) is 5.10 Å². The quantitative estimate of drug-likeness (QED) is 0.736. The van der Waals surface area contributed by atoms with Gasteiger partial charge in [0.05, 0.1) is 17.9 Å². The first-order valence-electron chi connectivity index (χ1n) is 6.86. The maximum Gasteiger partial charge on any atom is 0.200 e. The second-order valence-electron chi connectivity index (χ2n) is 4.59. The van der Waals surface area contributed by atoms with Crippen molar-refractivity contribution in [1.29, 1.82) is 0 Å². The normalized spacial score (nSPS) is 10.6. The van der Waals surface area contributed by atoms with Crippen LogP contribution in [0.4, 0.5) is 4.39 Å². The van der Waals surface area contributed by atoms with Crippen LogP contribution in [0.3, 0.4) is 0 Å². The number of nitrogens with one attached hydrogen (secondary N) is 1. The van der Waals surface area contributed by atoms with E-state index in [0.717, 1.165) is 11.4 Å². The summed E-state index contributed by atoms with van der Waals surface area (Å²) >= 11 is 5.27. The molecule has 0 saturated heterocycles. The molecule has 3 rings (SSSR count). The first kappa shape index (κ1) is 14.5. The van der Waals surface area contributed by atoms with E-state index in [9.17, 15) is 4.39 Å². The lowest BCUT2D eigenvalue weighted by molar-refractivity contribution is 0.340. The number of rotatable bonds is 4. The lowest BCUT2D eigenvalue weighted by atomic mass is 10.2. The van der Waals surface area contributed by atoms with Gasteiger partial charge in [-0.1, -0.05) is 12.1 Å². The highest BCUT2D eigenvalue weighted by molar-refractivity contribution is 7.71. The molecule has 0 bridgehead atoms. The maximum absolute atomic E-state index is 14.0. The largest absolute Gasteiger partial charge is 0.494 e. The molecule has 2 aromatic carbocycles. The molecule has 0 fully saturated rings. The van der Waals surface area contributed by atoms with Crippen LogP contribution in [-0.2, 0) is 0 Å². The minimum atomic E-state index is -0.344. The Hall–Kier alpha value is -2.47. The summed E-state index contributed by atoms with van der Waals surface area (Å²) in [5, 5.41) is 6.88. The summed E-state index contributed by atoms with van der Waals surface area (Å²) in [5.74, 6) is 0.865. The van der Waals surface area contributed by atoms with Crippen LogP contribution in [-0.4, -0.2) is 21.4 Å². The molecule has 0 aliphatic rings. The third-order valence-electron chi connectivity index (χ3n) is 3.19. The van der Waals surface area contributed by atoms with Gasteiger partial charge in [-0.05, 0) is 55.5 Å². The van der Waals surface area contributed by atoms with E-state index in [0.29, 0.717) is 22.8 Å². The van der Waals surface area contributed by atoms with E-state index in [1.54, 1.807) is 22.8 Å². The molecule has 0 spiro atoms. The van der Waals surface area contributed by atoms with Crippen LogP contribution in [0.1, 0.15) is 6.92 Å². The average molecular weight is 315 g/mol. The number of hydrogen-bond donors (Lipinski definition) is 1. The van der Waals surface area contributed by atoms with Crippen molar-refractivity contribution in [2.24, 2.45) is 0 Å². The molecule has 0 unspecified atom stereocenters. The van der Waals surface area contributed by atoms with Crippen molar-refractivity contribution in [3.63, 3.8) is 0 Å². The van der Waals surface area contributed by atoms with Gasteiger partial charge in [0.15, 0.2) is 10.6 Å². The van der Waals surface area contributed by atoms with E-state index < -0.39 is 0 Å². The fraction of sp³-hybridized carbons (Fsp3) is 0.125. The molecular weight excluding hydrogens is 301 g/mol. The molecule has 0 atom stereocenters. The molecule has 1 N–H and O–H groups in total. The molecular formula is C16H14FN3OS. The second-order valence-corrected chi connectivity index (χ2v) is 4.98. The molecule has 0 amide bonds. The number of aromatic amines is 1. The summed E-state index contributed by atoms with van der Waals surface area (Å²) in [7, 11) is 0. The van der Waals surface area contributed by atoms with Gasteiger partial charge in [-0.25, -0.2) is 4.39 Å². The van der Waals surface area contributed by atoms with Crippen LogP contribution in [0.5, 0.6) is 5.75 Å². The predicted molar refractivity (Wildman–Crippen MR) is 85.3 cm³/mol. The van der Waals surface area contributed by atoms with E-state index in [1.807, 2.05) is 31.2 Å². The Morgan fingerprint density at radius 3 is 2.59 bits per heavy atom. The van der Waals surface area contributed by atoms with Crippen LogP contribution in [0.15, 0.2) is 48.5 Å². The molecule has 0 radical (unpaired) electrons. The number of H-pyrrole nitrogens is 1. The van der Waals surface area contributed by atoms with E-state index in [-0.39, 0.29) is 5.82 Å². The number of halogens is 1. The first-order valence-corrected chi connectivity index (χ1v) is 7.27. The molecule has 0 saturated carbocycles. The molecule has 1 aromatic heterocycles. The Balaban J connectivity index is 2.10. The molecule has 4 nitrogen and oxygen atoms in total. The Bertz CT molecular complexity index is 839. The summed E-state index contributed by atoms with van der Waals surface area (Å²) < 4.78 is 21.6. The van der Waals surface area contributed by atoms with Crippen molar-refractivity contribution in [3.8, 4) is 22.8 Å². The zero-order chi connectivity index (χ0) is 15.5. The van der Waals surface area contributed by atoms with Crippen LogP contribution < -0.4 is 4.74 Å². The smallest absolute Gasteiger partial charge is 0.200 e. The van der Waals surface area contributed by atoms with Crippen molar-refractivity contribution >= 4 is 12.2 Å². The van der Waals surface area contributed by atoms with Crippen LogP contribution in [0.2, 0.25) is 0 Å².